The highest BCUT2D eigenvalue weighted by Gasteiger charge is 2.11. The summed E-state index contributed by atoms with van der Waals surface area (Å²) in [5.41, 5.74) is 2.31. The Morgan fingerprint density at radius 1 is 1.04 bits per heavy atom. The van der Waals surface area contributed by atoms with Gasteiger partial charge in [0.1, 0.15) is 0 Å². The number of thiazole rings is 1. The minimum Gasteiger partial charge on any atom is -0.355 e. The number of hydrogen-bond donors (Lipinski definition) is 2. The lowest BCUT2D eigenvalue weighted by Crippen LogP contribution is -2.27. The molecule has 3 rings (SSSR count). The number of hydrogen-bond acceptors (Lipinski definition) is 4. The van der Waals surface area contributed by atoms with Gasteiger partial charge in [0, 0.05) is 22.5 Å². The summed E-state index contributed by atoms with van der Waals surface area (Å²) >= 11 is 7.15. The summed E-state index contributed by atoms with van der Waals surface area (Å²) < 4.78 is 0. The van der Waals surface area contributed by atoms with Gasteiger partial charge in [-0.3, -0.25) is 14.9 Å². The third kappa shape index (κ3) is 5.91. The average Bonchev–Trinajstić information content (AvgIpc) is 3.10. The van der Waals surface area contributed by atoms with E-state index in [9.17, 15) is 9.59 Å². The van der Waals surface area contributed by atoms with Gasteiger partial charge in [-0.05, 0) is 36.2 Å². The number of halogens is 1. The minimum atomic E-state index is -0.219. The van der Waals surface area contributed by atoms with Crippen LogP contribution in [0.25, 0.3) is 0 Å². The molecule has 7 heteroatoms. The molecule has 27 heavy (non-hydrogen) atoms. The molecule has 0 radical (unpaired) electrons. The summed E-state index contributed by atoms with van der Waals surface area (Å²) in [5.74, 6) is -0.320. The molecule has 1 aromatic heterocycles. The maximum absolute atomic E-state index is 12.1. The van der Waals surface area contributed by atoms with Crippen LogP contribution >= 0.6 is 22.9 Å². The molecule has 0 aliphatic carbocycles. The van der Waals surface area contributed by atoms with Crippen LogP contribution in [0.3, 0.4) is 0 Å². The number of nitrogens with one attached hydrogen (secondary N) is 2. The van der Waals surface area contributed by atoms with Crippen molar-refractivity contribution < 1.29 is 9.59 Å². The molecular weight excluding hydrogens is 382 g/mol. The third-order valence-electron chi connectivity index (χ3n) is 3.80. The van der Waals surface area contributed by atoms with E-state index in [1.54, 1.807) is 29.6 Å². The van der Waals surface area contributed by atoms with Crippen molar-refractivity contribution in [3.8, 4) is 0 Å². The third-order valence-corrected chi connectivity index (χ3v) is 4.86. The van der Waals surface area contributed by atoms with Crippen LogP contribution < -0.4 is 10.6 Å². The molecule has 0 fully saturated rings. The number of carbonyl (C=O) groups excluding carboxylic acids is 2. The van der Waals surface area contributed by atoms with Gasteiger partial charge in [-0.15, -0.1) is 11.3 Å². The predicted molar refractivity (Wildman–Crippen MR) is 108 cm³/mol. The fourth-order valence-electron chi connectivity index (χ4n) is 2.43. The largest absolute Gasteiger partial charge is 0.355 e. The average molecular weight is 400 g/mol. The van der Waals surface area contributed by atoms with Gasteiger partial charge in [0.05, 0.1) is 12.1 Å². The maximum atomic E-state index is 12.1. The van der Waals surface area contributed by atoms with Crippen molar-refractivity contribution in [2.75, 3.05) is 11.9 Å². The highest BCUT2D eigenvalue weighted by atomic mass is 35.5. The number of carbonyl (C=O) groups is 2. The number of nitrogens with zero attached hydrogens (tertiary/aromatic N) is 1. The van der Waals surface area contributed by atoms with E-state index < -0.39 is 0 Å². The molecule has 0 spiro atoms. The molecule has 0 aliphatic rings. The highest BCUT2D eigenvalue weighted by molar-refractivity contribution is 7.14. The number of benzene rings is 2. The zero-order chi connectivity index (χ0) is 19.1. The molecule has 0 aliphatic heterocycles. The molecule has 0 saturated heterocycles. The second-order valence-corrected chi connectivity index (χ2v) is 7.16. The fraction of sp³-hybridized carbons (Fsp3) is 0.150. The SMILES string of the molecule is O=C(Cc1csc(NC(=O)c2ccccc2)n1)NCCc1ccc(Cl)cc1. The van der Waals surface area contributed by atoms with Crippen LogP contribution in [0, 0.1) is 0 Å². The van der Waals surface area contributed by atoms with E-state index >= 15 is 0 Å². The molecule has 5 nitrogen and oxygen atoms in total. The lowest BCUT2D eigenvalue weighted by molar-refractivity contribution is -0.120. The summed E-state index contributed by atoms with van der Waals surface area (Å²) in [7, 11) is 0. The molecule has 3 aromatic rings. The Morgan fingerprint density at radius 2 is 1.78 bits per heavy atom. The van der Waals surface area contributed by atoms with E-state index in [0.717, 1.165) is 12.0 Å². The van der Waals surface area contributed by atoms with Crippen LogP contribution in [-0.4, -0.2) is 23.3 Å². The van der Waals surface area contributed by atoms with Gasteiger partial charge in [-0.25, -0.2) is 4.98 Å². The second-order valence-electron chi connectivity index (χ2n) is 5.87. The summed E-state index contributed by atoms with van der Waals surface area (Å²) in [5, 5.41) is 8.57. The van der Waals surface area contributed by atoms with Crippen molar-refractivity contribution >= 4 is 39.9 Å². The quantitative estimate of drug-likeness (QED) is 0.631. The Balaban J connectivity index is 1.45. The Bertz CT molecular complexity index is 910. The molecule has 1 heterocycles. The molecule has 0 bridgehead atoms. The van der Waals surface area contributed by atoms with Gasteiger partial charge < -0.3 is 5.32 Å². The lowest BCUT2D eigenvalue weighted by atomic mass is 10.1. The van der Waals surface area contributed by atoms with Crippen LogP contribution in [0.2, 0.25) is 5.02 Å². The number of rotatable bonds is 7. The standard InChI is InChI=1S/C20H18ClN3O2S/c21-16-8-6-14(7-9-16)10-11-22-18(25)12-17-13-27-20(23-17)24-19(26)15-4-2-1-3-5-15/h1-9,13H,10-12H2,(H,22,25)(H,23,24,26). The molecule has 2 amide bonds. The van der Waals surface area contributed by atoms with E-state index in [1.807, 2.05) is 30.3 Å². The molecule has 0 unspecified atom stereocenters. The normalized spacial score (nSPS) is 10.4. The summed E-state index contributed by atoms with van der Waals surface area (Å²) in [6.07, 6.45) is 0.913. The van der Waals surface area contributed by atoms with Crippen LogP contribution in [0.4, 0.5) is 5.13 Å². The smallest absolute Gasteiger partial charge is 0.257 e. The van der Waals surface area contributed by atoms with Gasteiger partial charge in [0.15, 0.2) is 5.13 Å². The summed E-state index contributed by atoms with van der Waals surface area (Å²) in [6, 6.07) is 16.5. The van der Waals surface area contributed by atoms with E-state index in [0.29, 0.717) is 28.0 Å². The fourth-order valence-corrected chi connectivity index (χ4v) is 3.26. The molecule has 2 aromatic carbocycles. The molecule has 0 atom stereocenters. The molecule has 2 N–H and O–H groups in total. The van der Waals surface area contributed by atoms with E-state index in [2.05, 4.69) is 15.6 Å². The Kier molecular flexibility index (Phi) is 6.57. The summed E-state index contributed by atoms with van der Waals surface area (Å²) in [6.45, 7) is 0.544. The van der Waals surface area contributed by atoms with Gasteiger partial charge in [-0.1, -0.05) is 41.9 Å². The van der Waals surface area contributed by atoms with Crippen molar-refractivity contribution in [2.45, 2.75) is 12.8 Å². The van der Waals surface area contributed by atoms with Crippen molar-refractivity contribution in [2.24, 2.45) is 0 Å². The number of aromatic nitrogens is 1. The molecule has 138 valence electrons. The maximum Gasteiger partial charge on any atom is 0.257 e. The first kappa shape index (κ1) is 19.1. The Morgan fingerprint density at radius 3 is 2.52 bits per heavy atom. The van der Waals surface area contributed by atoms with Gasteiger partial charge in [0.25, 0.3) is 5.91 Å². The van der Waals surface area contributed by atoms with Crippen molar-refractivity contribution in [3.05, 3.63) is 81.8 Å². The number of amides is 2. The van der Waals surface area contributed by atoms with Gasteiger partial charge >= 0.3 is 0 Å². The van der Waals surface area contributed by atoms with Crippen LogP contribution in [0.5, 0.6) is 0 Å². The van der Waals surface area contributed by atoms with E-state index in [-0.39, 0.29) is 18.2 Å². The van der Waals surface area contributed by atoms with Crippen LogP contribution in [0.1, 0.15) is 21.6 Å². The lowest BCUT2D eigenvalue weighted by Gasteiger charge is -2.04. The van der Waals surface area contributed by atoms with E-state index in [4.69, 9.17) is 11.6 Å². The van der Waals surface area contributed by atoms with Gasteiger partial charge in [0.2, 0.25) is 5.91 Å². The first-order valence-corrected chi connectivity index (χ1v) is 9.68. The van der Waals surface area contributed by atoms with Crippen molar-refractivity contribution in [1.82, 2.24) is 10.3 Å². The Hall–Kier alpha value is -2.70. The summed E-state index contributed by atoms with van der Waals surface area (Å²) in [4.78, 5) is 28.5. The van der Waals surface area contributed by atoms with Gasteiger partial charge in [-0.2, -0.15) is 0 Å². The monoisotopic (exact) mass is 399 g/mol. The first-order valence-electron chi connectivity index (χ1n) is 8.42. The predicted octanol–water partition coefficient (Wildman–Crippen LogP) is 3.95. The zero-order valence-corrected chi connectivity index (χ0v) is 16.0. The van der Waals surface area contributed by atoms with E-state index in [1.165, 1.54) is 11.3 Å². The topological polar surface area (TPSA) is 71.1 Å². The Labute approximate surface area is 166 Å². The van der Waals surface area contributed by atoms with Crippen molar-refractivity contribution in [3.63, 3.8) is 0 Å². The molecule has 0 saturated carbocycles. The first-order chi connectivity index (χ1) is 13.1. The number of anilines is 1. The highest BCUT2D eigenvalue weighted by Crippen LogP contribution is 2.17. The molecular formula is C20H18ClN3O2S. The minimum absolute atomic E-state index is 0.102. The van der Waals surface area contributed by atoms with Crippen molar-refractivity contribution in [1.29, 1.82) is 0 Å². The van der Waals surface area contributed by atoms with Crippen LogP contribution in [-0.2, 0) is 17.6 Å². The zero-order valence-electron chi connectivity index (χ0n) is 14.4. The second kappa shape index (κ2) is 9.30. The van der Waals surface area contributed by atoms with Crippen LogP contribution in [0.15, 0.2) is 60.0 Å².